The Labute approximate surface area is 222 Å². The maximum Gasteiger partial charge on any atom is 0.242 e. The van der Waals surface area contributed by atoms with Crippen LogP contribution in [-0.4, -0.2) is 50.5 Å². The van der Waals surface area contributed by atoms with E-state index in [0.717, 1.165) is 10.6 Å². The highest BCUT2D eigenvalue weighted by molar-refractivity contribution is 7.92. The van der Waals surface area contributed by atoms with Gasteiger partial charge in [0.2, 0.25) is 21.8 Å². The molecule has 0 saturated carbocycles. The number of nitrogens with zero attached hydrogens (tertiary/aromatic N) is 2. The molecule has 2 aromatic rings. The Morgan fingerprint density at radius 1 is 1.08 bits per heavy atom. The lowest BCUT2D eigenvalue weighted by atomic mass is 10.1. The lowest BCUT2D eigenvalue weighted by Gasteiger charge is -2.30. The lowest BCUT2D eigenvalue weighted by molar-refractivity contribution is -0.140. The summed E-state index contributed by atoms with van der Waals surface area (Å²) in [5, 5.41) is 3.63. The van der Waals surface area contributed by atoms with Gasteiger partial charge >= 0.3 is 0 Å². The number of rotatable bonds is 12. The van der Waals surface area contributed by atoms with Crippen molar-refractivity contribution in [3.05, 3.63) is 63.9 Å². The van der Waals surface area contributed by atoms with E-state index in [0.29, 0.717) is 22.2 Å². The summed E-state index contributed by atoms with van der Waals surface area (Å²) in [5.74, 6) is -1.12. The molecule has 2 amide bonds. The van der Waals surface area contributed by atoms with E-state index in [1.165, 1.54) is 29.2 Å². The molecule has 0 unspecified atom stereocenters. The van der Waals surface area contributed by atoms with Gasteiger partial charge in [-0.2, -0.15) is 0 Å². The van der Waals surface area contributed by atoms with Crippen LogP contribution in [-0.2, 0) is 26.2 Å². The van der Waals surface area contributed by atoms with E-state index in [1.54, 1.807) is 25.1 Å². The second-order valence-electron chi connectivity index (χ2n) is 8.96. The van der Waals surface area contributed by atoms with Gasteiger partial charge in [0.25, 0.3) is 0 Å². The zero-order valence-corrected chi connectivity index (χ0v) is 23.1. The monoisotopic (exact) mass is 559 g/mol. The third-order valence-corrected chi connectivity index (χ3v) is 7.25. The molecule has 0 heterocycles. The highest BCUT2D eigenvalue weighted by Gasteiger charge is 2.27. The quantitative estimate of drug-likeness (QED) is 0.402. The van der Waals surface area contributed by atoms with Crippen LogP contribution in [0, 0.1) is 11.7 Å². The molecule has 2 rings (SSSR count). The van der Waals surface area contributed by atoms with Gasteiger partial charge in [-0.3, -0.25) is 13.9 Å². The van der Waals surface area contributed by atoms with Gasteiger partial charge in [-0.25, -0.2) is 12.8 Å². The number of carbonyl (C=O) groups excluding carboxylic acids is 2. The van der Waals surface area contributed by atoms with Crippen molar-refractivity contribution in [3.8, 4) is 0 Å². The minimum absolute atomic E-state index is 0.0620. The Bertz CT molecular complexity index is 1180. The summed E-state index contributed by atoms with van der Waals surface area (Å²) in [5.41, 5.74) is 0.528. The number of anilines is 1. The van der Waals surface area contributed by atoms with E-state index >= 15 is 0 Å². The molecule has 0 spiro atoms. The summed E-state index contributed by atoms with van der Waals surface area (Å²) in [4.78, 5) is 27.5. The summed E-state index contributed by atoms with van der Waals surface area (Å²) >= 11 is 12.3. The molecule has 0 saturated heterocycles. The van der Waals surface area contributed by atoms with E-state index in [9.17, 15) is 22.4 Å². The molecule has 11 heteroatoms. The Morgan fingerprint density at radius 2 is 1.75 bits per heavy atom. The fourth-order valence-electron chi connectivity index (χ4n) is 3.50. The van der Waals surface area contributed by atoms with Crippen molar-refractivity contribution in [3.63, 3.8) is 0 Å². The molecule has 0 radical (unpaired) electrons. The first kappa shape index (κ1) is 29.9. The fraction of sp³-hybridized carbons (Fsp3) is 0.440. The van der Waals surface area contributed by atoms with Crippen LogP contribution in [0.4, 0.5) is 10.1 Å². The van der Waals surface area contributed by atoms with E-state index < -0.39 is 21.9 Å². The first-order valence-corrected chi connectivity index (χ1v) is 14.1. The SMILES string of the molecule is CC(C)CNC(=O)[C@@H](C)N(Cc1ccc(Cl)cc1Cl)C(=O)CCCN(c1ccccc1F)S(C)(=O)=O. The molecule has 7 nitrogen and oxygen atoms in total. The number of carbonyl (C=O) groups is 2. The smallest absolute Gasteiger partial charge is 0.242 e. The van der Waals surface area contributed by atoms with Crippen molar-refractivity contribution in [2.45, 2.75) is 46.2 Å². The minimum Gasteiger partial charge on any atom is -0.354 e. The Morgan fingerprint density at radius 3 is 2.33 bits per heavy atom. The third kappa shape index (κ3) is 8.64. The number of amides is 2. The topological polar surface area (TPSA) is 86.8 Å². The van der Waals surface area contributed by atoms with Gasteiger partial charge in [-0.1, -0.05) is 55.2 Å². The number of hydrogen-bond acceptors (Lipinski definition) is 4. The standard InChI is InChI=1S/C25H32Cl2FN3O4S/c1-17(2)15-29-25(33)18(3)30(16-19-11-12-20(26)14-21(19)27)24(32)10-7-13-31(36(4,34)35)23-9-6-5-8-22(23)28/h5-6,8-9,11-12,14,17-18H,7,10,13,15-16H2,1-4H3,(H,29,33)/t18-/m1/s1. The summed E-state index contributed by atoms with van der Waals surface area (Å²) < 4.78 is 39.8. The van der Waals surface area contributed by atoms with Crippen molar-refractivity contribution in [2.24, 2.45) is 5.92 Å². The summed E-state index contributed by atoms with van der Waals surface area (Å²) in [6, 6.07) is 9.64. The van der Waals surface area contributed by atoms with Crippen LogP contribution in [0.2, 0.25) is 10.0 Å². The van der Waals surface area contributed by atoms with E-state index in [2.05, 4.69) is 5.32 Å². The highest BCUT2D eigenvalue weighted by atomic mass is 35.5. The summed E-state index contributed by atoms with van der Waals surface area (Å²) in [7, 11) is -3.79. The number of benzene rings is 2. The van der Waals surface area contributed by atoms with E-state index in [-0.39, 0.29) is 49.4 Å². The minimum atomic E-state index is -3.79. The predicted octanol–water partition coefficient (Wildman–Crippen LogP) is 4.87. The van der Waals surface area contributed by atoms with Gasteiger partial charge in [-0.15, -0.1) is 0 Å². The maximum absolute atomic E-state index is 14.3. The summed E-state index contributed by atoms with van der Waals surface area (Å²) in [6.45, 7) is 5.97. The van der Waals surface area contributed by atoms with Gasteiger partial charge in [-0.05, 0) is 49.1 Å². The zero-order valence-electron chi connectivity index (χ0n) is 20.8. The van der Waals surface area contributed by atoms with Crippen molar-refractivity contribution < 1.29 is 22.4 Å². The molecule has 0 aliphatic rings. The van der Waals surface area contributed by atoms with Crippen LogP contribution >= 0.6 is 23.2 Å². The molecular weight excluding hydrogens is 528 g/mol. The molecule has 0 bridgehead atoms. The lowest BCUT2D eigenvalue weighted by Crippen LogP contribution is -2.48. The molecule has 198 valence electrons. The van der Waals surface area contributed by atoms with Crippen molar-refractivity contribution in [1.29, 1.82) is 0 Å². The van der Waals surface area contributed by atoms with Gasteiger partial charge < -0.3 is 10.2 Å². The average Bonchev–Trinajstić information content (AvgIpc) is 2.79. The second-order valence-corrected chi connectivity index (χ2v) is 11.7. The van der Waals surface area contributed by atoms with Crippen molar-refractivity contribution >= 4 is 50.7 Å². The molecular formula is C25H32Cl2FN3O4S. The van der Waals surface area contributed by atoms with Crippen LogP contribution in [0.15, 0.2) is 42.5 Å². The Kier molecular flexibility index (Phi) is 11.0. The van der Waals surface area contributed by atoms with Crippen molar-refractivity contribution in [2.75, 3.05) is 23.7 Å². The first-order valence-electron chi connectivity index (χ1n) is 11.5. The molecule has 1 N–H and O–H groups in total. The average molecular weight is 561 g/mol. The van der Waals surface area contributed by atoms with Crippen LogP contribution in [0.5, 0.6) is 0 Å². The van der Waals surface area contributed by atoms with Crippen LogP contribution in [0.25, 0.3) is 0 Å². The number of sulfonamides is 1. The fourth-order valence-corrected chi connectivity index (χ4v) is 4.94. The van der Waals surface area contributed by atoms with Gasteiger partial charge in [0, 0.05) is 36.1 Å². The summed E-state index contributed by atoms with van der Waals surface area (Å²) in [6.07, 6.45) is 1.04. The Hall–Kier alpha value is -2.36. The predicted molar refractivity (Wildman–Crippen MR) is 142 cm³/mol. The van der Waals surface area contributed by atoms with Crippen LogP contribution < -0.4 is 9.62 Å². The zero-order chi connectivity index (χ0) is 27.0. The number of para-hydroxylation sites is 1. The molecule has 0 fully saturated rings. The van der Waals surface area contributed by atoms with E-state index in [4.69, 9.17) is 23.2 Å². The van der Waals surface area contributed by atoms with Crippen LogP contribution in [0.1, 0.15) is 39.2 Å². The molecule has 0 aromatic heterocycles. The molecule has 0 aliphatic heterocycles. The van der Waals surface area contributed by atoms with Gasteiger partial charge in [0.15, 0.2) is 0 Å². The van der Waals surface area contributed by atoms with Gasteiger partial charge in [0.1, 0.15) is 11.9 Å². The Balaban J connectivity index is 2.21. The van der Waals surface area contributed by atoms with Crippen LogP contribution in [0.3, 0.4) is 0 Å². The number of halogens is 3. The number of nitrogens with one attached hydrogen (secondary N) is 1. The highest BCUT2D eigenvalue weighted by Crippen LogP contribution is 2.25. The molecule has 1 atom stereocenters. The number of hydrogen-bond donors (Lipinski definition) is 1. The maximum atomic E-state index is 14.3. The first-order chi connectivity index (χ1) is 16.8. The van der Waals surface area contributed by atoms with Crippen molar-refractivity contribution in [1.82, 2.24) is 10.2 Å². The second kappa shape index (κ2) is 13.3. The third-order valence-electron chi connectivity index (χ3n) is 5.48. The van der Waals surface area contributed by atoms with E-state index in [1.807, 2.05) is 13.8 Å². The molecule has 36 heavy (non-hydrogen) atoms. The van der Waals surface area contributed by atoms with Gasteiger partial charge in [0.05, 0.1) is 11.9 Å². The normalized spacial score (nSPS) is 12.3. The molecule has 2 aromatic carbocycles. The largest absolute Gasteiger partial charge is 0.354 e. The molecule has 0 aliphatic carbocycles.